The Morgan fingerprint density at radius 3 is 2.46 bits per heavy atom. The van der Waals surface area contributed by atoms with Crippen LogP contribution in [0.4, 0.5) is 4.79 Å². The summed E-state index contributed by atoms with van der Waals surface area (Å²) < 4.78 is 0. The highest BCUT2D eigenvalue weighted by molar-refractivity contribution is 7.10. The minimum atomic E-state index is -0.911. The van der Waals surface area contributed by atoms with E-state index in [1.54, 1.807) is 25.3 Å². The fourth-order valence-corrected chi connectivity index (χ4v) is 3.55. The number of nitrogens with one attached hydrogen (secondary N) is 1. The summed E-state index contributed by atoms with van der Waals surface area (Å²) in [6, 6.07) is 11.7. The summed E-state index contributed by atoms with van der Waals surface area (Å²) in [6.45, 7) is 3.90. The molecule has 0 aliphatic rings. The molecular formula is C20H26N2O3S. The molecule has 26 heavy (non-hydrogen) atoms. The number of amides is 2. The summed E-state index contributed by atoms with van der Waals surface area (Å²) >= 11 is 1.59. The molecule has 0 bridgehead atoms. The van der Waals surface area contributed by atoms with E-state index in [2.05, 4.69) is 36.5 Å². The van der Waals surface area contributed by atoms with E-state index >= 15 is 0 Å². The van der Waals surface area contributed by atoms with Crippen LogP contribution in [0.1, 0.15) is 42.3 Å². The van der Waals surface area contributed by atoms with Gasteiger partial charge in [-0.05, 0) is 29.0 Å². The Morgan fingerprint density at radius 2 is 1.92 bits per heavy atom. The van der Waals surface area contributed by atoms with Crippen molar-refractivity contribution in [1.82, 2.24) is 10.2 Å². The largest absolute Gasteiger partial charge is 0.481 e. The number of carboxylic acid groups (broad SMARTS) is 1. The molecule has 5 nitrogen and oxygen atoms in total. The van der Waals surface area contributed by atoms with Crippen molar-refractivity contribution >= 4 is 23.3 Å². The number of urea groups is 1. The van der Waals surface area contributed by atoms with Gasteiger partial charge in [0, 0.05) is 18.5 Å². The fourth-order valence-electron chi connectivity index (χ4n) is 2.75. The molecule has 1 aromatic carbocycles. The van der Waals surface area contributed by atoms with E-state index in [1.165, 1.54) is 10.5 Å². The van der Waals surface area contributed by atoms with Gasteiger partial charge in [0.25, 0.3) is 0 Å². The van der Waals surface area contributed by atoms with Gasteiger partial charge in [0.1, 0.15) is 0 Å². The fraction of sp³-hybridized carbons (Fsp3) is 0.400. The number of hydrogen-bond donors (Lipinski definition) is 2. The number of carbonyl (C=O) groups excluding carboxylic acids is 1. The smallest absolute Gasteiger partial charge is 0.317 e. The first-order valence-electron chi connectivity index (χ1n) is 8.79. The molecule has 0 aliphatic heterocycles. The maximum atomic E-state index is 12.6. The van der Waals surface area contributed by atoms with Crippen molar-refractivity contribution in [1.29, 1.82) is 0 Å². The van der Waals surface area contributed by atoms with Crippen LogP contribution in [0.25, 0.3) is 0 Å². The quantitative estimate of drug-likeness (QED) is 0.729. The van der Waals surface area contributed by atoms with Crippen LogP contribution in [0.2, 0.25) is 0 Å². The Bertz CT molecular complexity index is 713. The molecule has 2 aromatic rings. The third-order valence-corrected chi connectivity index (χ3v) is 5.20. The molecule has 0 saturated heterocycles. The predicted molar refractivity (Wildman–Crippen MR) is 105 cm³/mol. The number of carbonyl (C=O) groups is 2. The maximum Gasteiger partial charge on any atom is 0.317 e. The van der Waals surface area contributed by atoms with Gasteiger partial charge in [-0.1, -0.05) is 50.6 Å². The predicted octanol–water partition coefficient (Wildman–Crippen LogP) is 4.15. The van der Waals surface area contributed by atoms with Crippen molar-refractivity contribution in [3.8, 4) is 0 Å². The van der Waals surface area contributed by atoms with Crippen LogP contribution < -0.4 is 5.32 Å². The second-order valence-electron chi connectivity index (χ2n) is 6.51. The number of carboxylic acids is 1. The lowest BCUT2D eigenvalue weighted by Gasteiger charge is -2.24. The molecule has 0 spiro atoms. The molecule has 1 aromatic heterocycles. The minimum Gasteiger partial charge on any atom is -0.481 e. The molecule has 140 valence electrons. The second-order valence-corrected chi connectivity index (χ2v) is 7.49. The molecule has 2 rings (SSSR count). The zero-order valence-corrected chi connectivity index (χ0v) is 16.3. The van der Waals surface area contributed by atoms with E-state index in [0.717, 1.165) is 23.3 Å². The van der Waals surface area contributed by atoms with Gasteiger partial charge in [-0.25, -0.2) is 4.79 Å². The monoisotopic (exact) mass is 374 g/mol. The molecule has 2 amide bonds. The van der Waals surface area contributed by atoms with Crippen LogP contribution in [0, 0.1) is 5.92 Å². The van der Waals surface area contributed by atoms with E-state index in [4.69, 9.17) is 5.11 Å². The van der Waals surface area contributed by atoms with E-state index in [0.29, 0.717) is 0 Å². The Balaban J connectivity index is 2.15. The first-order chi connectivity index (χ1) is 12.4. The number of thiophene rings is 1. The normalized spacial score (nSPS) is 13.0. The van der Waals surface area contributed by atoms with Crippen molar-refractivity contribution < 1.29 is 14.7 Å². The summed E-state index contributed by atoms with van der Waals surface area (Å²) in [4.78, 5) is 26.1. The van der Waals surface area contributed by atoms with Crippen molar-refractivity contribution in [2.75, 3.05) is 13.6 Å². The Labute approximate surface area is 158 Å². The Kier molecular flexibility index (Phi) is 7.21. The van der Waals surface area contributed by atoms with Gasteiger partial charge >= 0.3 is 12.0 Å². The summed E-state index contributed by atoms with van der Waals surface area (Å²) in [5.41, 5.74) is 2.29. The van der Waals surface area contributed by atoms with Crippen molar-refractivity contribution in [2.45, 2.75) is 32.7 Å². The van der Waals surface area contributed by atoms with Crippen molar-refractivity contribution in [3.63, 3.8) is 0 Å². The molecule has 1 heterocycles. The molecule has 2 N–H and O–H groups in total. The van der Waals surface area contributed by atoms with E-state index in [-0.39, 0.29) is 18.6 Å². The summed E-state index contributed by atoms with van der Waals surface area (Å²) in [7, 11) is 1.62. The average Bonchev–Trinajstić information content (AvgIpc) is 3.14. The highest BCUT2D eigenvalue weighted by Crippen LogP contribution is 2.26. The number of rotatable bonds is 8. The van der Waals surface area contributed by atoms with Crippen LogP contribution in [-0.4, -0.2) is 35.6 Å². The molecule has 0 radical (unpaired) electrons. The molecule has 0 aliphatic carbocycles. The van der Waals surface area contributed by atoms with Crippen molar-refractivity contribution in [3.05, 3.63) is 57.8 Å². The first kappa shape index (κ1) is 20.0. The zero-order chi connectivity index (χ0) is 19.1. The highest BCUT2D eigenvalue weighted by atomic mass is 32.1. The maximum absolute atomic E-state index is 12.6. The van der Waals surface area contributed by atoms with Gasteiger partial charge in [0.05, 0.1) is 12.0 Å². The standard InChI is InChI=1S/C20H26N2O3S/c1-4-6-15-8-10-16(11-9-15)18(17-7-5-12-26-17)21-20(25)22(3)13-14(2)19(23)24/h5,7-12,14,18H,4,6,13H2,1-3H3,(H,21,25)(H,23,24). The lowest BCUT2D eigenvalue weighted by atomic mass is 10.0. The highest BCUT2D eigenvalue weighted by Gasteiger charge is 2.22. The number of aryl methyl sites for hydroxylation is 1. The minimum absolute atomic E-state index is 0.160. The molecule has 2 atom stereocenters. The second kappa shape index (κ2) is 9.38. The molecule has 0 saturated carbocycles. The third kappa shape index (κ3) is 5.33. The van der Waals surface area contributed by atoms with Crippen LogP contribution >= 0.6 is 11.3 Å². The van der Waals surface area contributed by atoms with Crippen LogP contribution in [0.15, 0.2) is 41.8 Å². The van der Waals surface area contributed by atoms with E-state index in [9.17, 15) is 9.59 Å². The van der Waals surface area contributed by atoms with Gasteiger partial charge in [0.15, 0.2) is 0 Å². The van der Waals surface area contributed by atoms with Crippen LogP contribution in [0.3, 0.4) is 0 Å². The van der Waals surface area contributed by atoms with Crippen LogP contribution in [-0.2, 0) is 11.2 Å². The topological polar surface area (TPSA) is 69.6 Å². The van der Waals surface area contributed by atoms with E-state index in [1.807, 2.05) is 17.5 Å². The summed E-state index contributed by atoms with van der Waals surface area (Å²) in [5.74, 6) is -1.52. The van der Waals surface area contributed by atoms with Crippen LogP contribution in [0.5, 0.6) is 0 Å². The number of nitrogens with zero attached hydrogens (tertiary/aromatic N) is 1. The van der Waals surface area contributed by atoms with Gasteiger partial charge in [0.2, 0.25) is 0 Å². The zero-order valence-electron chi connectivity index (χ0n) is 15.4. The van der Waals surface area contributed by atoms with Crippen molar-refractivity contribution in [2.24, 2.45) is 5.92 Å². The van der Waals surface area contributed by atoms with Gasteiger partial charge in [-0.2, -0.15) is 0 Å². The number of benzene rings is 1. The third-order valence-electron chi connectivity index (χ3n) is 4.26. The SMILES string of the molecule is CCCc1ccc(C(NC(=O)N(C)CC(C)C(=O)O)c2cccs2)cc1. The molecule has 0 fully saturated rings. The number of aliphatic carboxylic acids is 1. The van der Waals surface area contributed by atoms with Gasteiger partial charge < -0.3 is 15.3 Å². The lowest BCUT2D eigenvalue weighted by molar-refractivity contribution is -0.141. The molecular weight excluding hydrogens is 348 g/mol. The lowest BCUT2D eigenvalue weighted by Crippen LogP contribution is -2.42. The van der Waals surface area contributed by atoms with Gasteiger partial charge in [-0.15, -0.1) is 11.3 Å². The molecule has 6 heteroatoms. The first-order valence-corrected chi connectivity index (χ1v) is 9.67. The molecule has 2 unspecified atom stereocenters. The van der Waals surface area contributed by atoms with E-state index < -0.39 is 11.9 Å². The number of hydrogen-bond acceptors (Lipinski definition) is 3. The Hall–Kier alpha value is -2.34. The summed E-state index contributed by atoms with van der Waals surface area (Å²) in [5, 5.41) is 14.1. The van der Waals surface area contributed by atoms with Gasteiger partial charge in [-0.3, -0.25) is 4.79 Å². The average molecular weight is 375 g/mol. The summed E-state index contributed by atoms with van der Waals surface area (Å²) in [6.07, 6.45) is 2.13. The Morgan fingerprint density at radius 1 is 1.23 bits per heavy atom.